The smallest absolute Gasteiger partial charge is 0.0966 e. The fraction of sp³-hybridized carbons (Fsp3) is 0.333. The van der Waals surface area contributed by atoms with E-state index in [9.17, 15) is 0 Å². The Bertz CT molecular complexity index is 241. The van der Waals surface area contributed by atoms with Crippen LogP contribution in [0.15, 0.2) is 5.38 Å². The molecular formula is C6H9N3S. The number of rotatable bonds is 2. The van der Waals surface area contributed by atoms with E-state index in [2.05, 4.69) is 4.98 Å². The molecule has 1 rings (SSSR count). The molecule has 0 aliphatic heterocycles. The average Bonchev–Trinajstić information content (AvgIpc) is 2.13. The summed E-state index contributed by atoms with van der Waals surface area (Å²) in [5.41, 5.74) is 6.08. The molecule has 10 heavy (non-hydrogen) atoms. The zero-order valence-electron chi connectivity index (χ0n) is 5.72. The number of nitrogens with one attached hydrogen (secondary N) is 1. The SMILES string of the molecule is Cc1nc(CC(=N)N)cs1. The van der Waals surface area contributed by atoms with Crippen LogP contribution in [-0.2, 0) is 6.42 Å². The standard InChI is InChI=1S/C6H9N3S/c1-4-9-5(3-10-4)2-6(7)8/h3H,2H2,1H3,(H3,7,8). The van der Waals surface area contributed by atoms with E-state index < -0.39 is 0 Å². The molecule has 0 saturated carbocycles. The van der Waals surface area contributed by atoms with Gasteiger partial charge in [0.1, 0.15) is 0 Å². The van der Waals surface area contributed by atoms with Crippen molar-refractivity contribution in [2.75, 3.05) is 0 Å². The normalized spacial score (nSPS) is 9.70. The fourth-order valence-electron chi connectivity index (χ4n) is 0.685. The molecular weight excluding hydrogens is 146 g/mol. The molecule has 0 amide bonds. The Morgan fingerprint density at radius 2 is 2.60 bits per heavy atom. The molecule has 0 unspecified atom stereocenters. The molecule has 0 aliphatic rings. The van der Waals surface area contributed by atoms with Gasteiger partial charge in [0.2, 0.25) is 0 Å². The Morgan fingerprint density at radius 1 is 1.90 bits per heavy atom. The molecule has 3 nitrogen and oxygen atoms in total. The van der Waals surface area contributed by atoms with Crippen molar-refractivity contribution in [2.45, 2.75) is 13.3 Å². The van der Waals surface area contributed by atoms with Gasteiger partial charge in [0.25, 0.3) is 0 Å². The third-order valence-corrected chi connectivity index (χ3v) is 1.86. The van der Waals surface area contributed by atoms with Gasteiger partial charge in [0, 0.05) is 11.8 Å². The highest BCUT2D eigenvalue weighted by molar-refractivity contribution is 7.09. The molecule has 1 heterocycles. The summed E-state index contributed by atoms with van der Waals surface area (Å²) in [5.74, 6) is 0.172. The van der Waals surface area contributed by atoms with E-state index in [0.717, 1.165) is 10.7 Å². The van der Waals surface area contributed by atoms with Crippen molar-refractivity contribution in [3.63, 3.8) is 0 Å². The number of hydrogen-bond donors (Lipinski definition) is 2. The van der Waals surface area contributed by atoms with Crippen molar-refractivity contribution >= 4 is 17.2 Å². The van der Waals surface area contributed by atoms with Crippen LogP contribution in [-0.4, -0.2) is 10.8 Å². The number of nitrogens with two attached hydrogens (primary N) is 1. The highest BCUT2D eigenvalue weighted by Crippen LogP contribution is 2.07. The number of thiazole rings is 1. The second-order valence-corrected chi connectivity index (χ2v) is 3.12. The fourth-order valence-corrected chi connectivity index (χ4v) is 1.30. The van der Waals surface area contributed by atoms with E-state index >= 15 is 0 Å². The lowest BCUT2D eigenvalue weighted by Crippen LogP contribution is -2.12. The van der Waals surface area contributed by atoms with Crippen molar-refractivity contribution in [3.05, 3.63) is 16.1 Å². The van der Waals surface area contributed by atoms with Crippen LogP contribution < -0.4 is 5.73 Å². The molecule has 0 bridgehead atoms. The van der Waals surface area contributed by atoms with Gasteiger partial charge in [-0.1, -0.05) is 0 Å². The van der Waals surface area contributed by atoms with Gasteiger partial charge in [-0.25, -0.2) is 4.98 Å². The molecule has 0 aromatic carbocycles. The van der Waals surface area contributed by atoms with Gasteiger partial charge in [-0.05, 0) is 6.92 Å². The monoisotopic (exact) mass is 155 g/mol. The Labute approximate surface area is 63.4 Å². The molecule has 0 fully saturated rings. The quantitative estimate of drug-likeness (QED) is 0.493. The van der Waals surface area contributed by atoms with Gasteiger partial charge in [-0.2, -0.15) is 0 Å². The lowest BCUT2D eigenvalue weighted by molar-refractivity contribution is 1.12. The highest BCUT2D eigenvalue weighted by atomic mass is 32.1. The first kappa shape index (κ1) is 7.21. The summed E-state index contributed by atoms with van der Waals surface area (Å²) in [7, 11) is 0. The van der Waals surface area contributed by atoms with Crippen LogP contribution in [0.2, 0.25) is 0 Å². The predicted molar refractivity (Wildman–Crippen MR) is 42.5 cm³/mol. The summed E-state index contributed by atoms with van der Waals surface area (Å²) in [6.07, 6.45) is 0.477. The maximum Gasteiger partial charge on any atom is 0.0966 e. The Balaban J connectivity index is 2.67. The van der Waals surface area contributed by atoms with E-state index in [1.54, 1.807) is 11.3 Å². The lowest BCUT2D eigenvalue weighted by Gasteiger charge is -1.89. The Morgan fingerprint density at radius 3 is 3.00 bits per heavy atom. The van der Waals surface area contributed by atoms with Crippen molar-refractivity contribution in [1.29, 1.82) is 5.41 Å². The summed E-state index contributed by atoms with van der Waals surface area (Å²) < 4.78 is 0. The van der Waals surface area contributed by atoms with E-state index in [4.69, 9.17) is 11.1 Å². The second-order valence-electron chi connectivity index (χ2n) is 2.06. The van der Waals surface area contributed by atoms with Crippen LogP contribution in [0.3, 0.4) is 0 Å². The zero-order chi connectivity index (χ0) is 7.56. The lowest BCUT2D eigenvalue weighted by atomic mass is 10.3. The van der Waals surface area contributed by atoms with Crippen LogP contribution in [0.25, 0.3) is 0 Å². The van der Waals surface area contributed by atoms with Crippen molar-refractivity contribution in [3.8, 4) is 0 Å². The third kappa shape index (κ3) is 1.80. The minimum absolute atomic E-state index is 0.172. The first-order valence-corrected chi connectivity index (χ1v) is 3.80. The van der Waals surface area contributed by atoms with E-state index in [-0.39, 0.29) is 5.84 Å². The first-order chi connectivity index (χ1) is 4.68. The summed E-state index contributed by atoms with van der Waals surface area (Å²) in [4.78, 5) is 4.15. The maximum absolute atomic E-state index is 6.98. The number of hydrogen-bond acceptors (Lipinski definition) is 3. The molecule has 3 N–H and O–H groups in total. The third-order valence-electron chi connectivity index (χ3n) is 1.04. The Kier molecular flexibility index (Phi) is 2.01. The van der Waals surface area contributed by atoms with E-state index in [1.807, 2.05) is 12.3 Å². The summed E-state index contributed by atoms with van der Waals surface area (Å²) in [5, 5.41) is 9.94. The van der Waals surface area contributed by atoms with Gasteiger partial charge in [-0.3, -0.25) is 5.41 Å². The summed E-state index contributed by atoms with van der Waals surface area (Å²) in [6.45, 7) is 1.94. The van der Waals surface area contributed by atoms with Crippen LogP contribution in [0.1, 0.15) is 10.7 Å². The molecule has 0 radical (unpaired) electrons. The van der Waals surface area contributed by atoms with Crippen LogP contribution in [0.5, 0.6) is 0 Å². The van der Waals surface area contributed by atoms with Crippen molar-refractivity contribution in [2.24, 2.45) is 5.73 Å². The maximum atomic E-state index is 6.98. The number of amidine groups is 1. The van der Waals surface area contributed by atoms with Gasteiger partial charge >= 0.3 is 0 Å². The number of nitrogens with zero attached hydrogens (tertiary/aromatic N) is 1. The molecule has 0 atom stereocenters. The van der Waals surface area contributed by atoms with Gasteiger partial charge in [0.15, 0.2) is 0 Å². The minimum Gasteiger partial charge on any atom is -0.387 e. The topological polar surface area (TPSA) is 62.8 Å². The van der Waals surface area contributed by atoms with E-state index in [1.165, 1.54) is 0 Å². The molecule has 1 aromatic rings. The summed E-state index contributed by atoms with van der Waals surface area (Å²) in [6, 6.07) is 0. The molecule has 1 aromatic heterocycles. The largest absolute Gasteiger partial charge is 0.387 e. The van der Waals surface area contributed by atoms with Crippen LogP contribution in [0, 0.1) is 12.3 Å². The highest BCUT2D eigenvalue weighted by Gasteiger charge is 1.98. The average molecular weight is 155 g/mol. The number of aromatic nitrogens is 1. The Hall–Kier alpha value is -0.900. The number of aryl methyl sites for hydroxylation is 1. The zero-order valence-corrected chi connectivity index (χ0v) is 6.53. The van der Waals surface area contributed by atoms with Crippen LogP contribution in [0.4, 0.5) is 0 Å². The van der Waals surface area contributed by atoms with Crippen LogP contribution >= 0.6 is 11.3 Å². The molecule has 0 saturated heterocycles. The van der Waals surface area contributed by atoms with Crippen molar-refractivity contribution in [1.82, 2.24) is 4.98 Å². The molecule has 54 valence electrons. The molecule has 0 spiro atoms. The predicted octanol–water partition coefficient (Wildman–Crippen LogP) is 0.930. The second kappa shape index (κ2) is 2.79. The van der Waals surface area contributed by atoms with Gasteiger partial charge < -0.3 is 5.73 Å². The molecule has 0 aliphatic carbocycles. The molecule has 4 heteroatoms. The van der Waals surface area contributed by atoms with E-state index in [0.29, 0.717) is 6.42 Å². The minimum atomic E-state index is 0.172. The van der Waals surface area contributed by atoms with Gasteiger partial charge in [0.05, 0.1) is 16.5 Å². The first-order valence-electron chi connectivity index (χ1n) is 2.92. The summed E-state index contributed by atoms with van der Waals surface area (Å²) >= 11 is 1.58. The van der Waals surface area contributed by atoms with Crippen molar-refractivity contribution < 1.29 is 0 Å². The van der Waals surface area contributed by atoms with Gasteiger partial charge in [-0.15, -0.1) is 11.3 Å².